The van der Waals surface area contributed by atoms with Gasteiger partial charge in [-0.2, -0.15) is 0 Å². The Hall–Kier alpha value is -1.06. The second kappa shape index (κ2) is 5.74. The van der Waals surface area contributed by atoms with Gasteiger partial charge in [0.15, 0.2) is 0 Å². The molecule has 20 heavy (non-hydrogen) atoms. The van der Waals surface area contributed by atoms with Crippen molar-refractivity contribution < 1.29 is 0 Å². The molecule has 3 aromatic rings. The van der Waals surface area contributed by atoms with Gasteiger partial charge in [0.2, 0.25) is 0 Å². The first kappa shape index (κ1) is 13.9. The summed E-state index contributed by atoms with van der Waals surface area (Å²) in [6.07, 6.45) is 0.687. The average molecular weight is 322 g/mol. The largest absolute Gasteiger partial charge is 0.323 e. The van der Waals surface area contributed by atoms with E-state index in [0.29, 0.717) is 16.5 Å². The smallest absolute Gasteiger partial charge is 0.0624 e. The highest BCUT2D eigenvalue weighted by molar-refractivity contribution is 7.19. The first-order valence-corrected chi connectivity index (χ1v) is 7.89. The molecule has 0 aliphatic carbocycles. The van der Waals surface area contributed by atoms with Crippen molar-refractivity contribution in [1.82, 2.24) is 0 Å². The van der Waals surface area contributed by atoms with Crippen LogP contribution >= 0.6 is 34.5 Å². The van der Waals surface area contributed by atoms with E-state index >= 15 is 0 Å². The fraction of sp³-hybridized carbons (Fsp3) is 0.125. The van der Waals surface area contributed by atoms with E-state index in [0.717, 1.165) is 5.56 Å². The van der Waals surface area contributed by atoms with E-state index in [1.165, 1.54) is 15.0 Å². The highest BCUT2D eigenvalue weighted by Crippen LogP contribution is 2.33. The molecule has 2 N–H and O–H groups in total. The van der Waals surface area contributed by atoms with E-state index in [1.54, 1.807) is 17.4 Å². The second-order valence-electron chi connectivity index (χ2n) is 4.71. The van der Waals surface area contributed by atoms with Crippen molar-refractivity contribution >= 4 is 44.6 Å². The Balaban J connectivity index is 1.89. The molecular formula is C16H13Cl2NS. The first-order chi connectivity index (χ1) is 9.65. The molecule has 0 spiro atoms. The third kappa shape index (κ3) is 2.70. The normalized spacial score (nSPS) is 12.8. The Kier molecular flexibility index (Phi) is 3.99. The monoisotopic (exact) mass is 321 g/mol. The first-order valence-electron chi connectivity index (χ1n) is 6.32. The van der Waals surface area contributed by atoms with E-state index < -0.39 is 0 Å². The number of hydrogen-bond acceptors (Lipinski definition) is 2. The topological polar surface area (TPSA) is 26.0 Å². The van der Waals surface area contributed by atoms with Gasteiger partial charge in [0.25, 0.3) is 0 Å². The number of nitrogens with two attached hydrogens (primary N) is 1. The van der Waals surface area contributed by atoms with Crippen molar-refractivity contribution in [3.8, 4) is 0 Å². The Morgan fingerprint density at radius 2 is 1.85 bits per heavy atom. The molecule has 0 amide bonds. The molecule has 1 unspecified atom stereocenters. The van der Waals surface area contributed by atoms with Crippen LogP contribution in [0.2, 0.25) is 10.0 Å². The molecular weight excluding hydrogens is 309 g/mol. The SMILES string of the molecule is NC(Cc1cccc(Cl)c1Cl)c1cc2ccccc2s1. The third-order valence-electron chi connectivity index (χ3n) is 3.28. The number of rotatable bonds is 3. The minimum atomic E-state index is -0.0663. The molecule has 1 aromatic heterocycles. The number of fused-ring (bicyclic) bond motifs is 1. The zero-order valence-electron chi connectivity index (χ0n) is 10.6. The summed E-state index contributed by atoms with van der Waals surface area (Å²) in [5.41, 5.74) is 7.31. The number of thiophene rings is 1. The van der Waals surface area contributed by atoms with Crippen LogP contribution in [-0.4, -0.2) is 0 Å². The standard InChI is InChI=1S/C16H13Cl2NS/c17-12-6-3-5-11(16(12)18)8-13(19)15-9-10-4-1-2-7-14(10)20-15/h1-7,9,13H,8,19H2. The molecule has 1 nitrogen and oxygen atoms in total. The Bertz CT molecular complexity index is 718. The molecule has 0 fully saturated rings. The van der Waals surface area contributed by atoms with Crippen molar-refractivity contribution in [2.75, 3.05) is 0 Å². The molecule has 1 heterocycles. The predicted octanol–water partition coefficient (Wildman–Crippen LogP) is 5.45. The van der Waals surface area contributed by atoms with Crippen LogP contribution in [-0.2, 0) is 6.42 Å². The lowest BCUT2D eigenvalue weighted by Crippen LogP contribution is -2.12. The lowest BCUT2D eigenvalue weighted by molar-refractivity contribution is 0.737. The minimum absolute atomic E-state index is 0.0663. The van der Waals surface area contributed by atoms with Crippen LogP contribution < -0.4 is 5.73 Å². The van der Waals surface area contributed by atoms with Crippen LogP contribution in [0.3, 0.4) is 0 Å². The number of halogens is 2. The maximum absolute atomic E-state index is 6.32. The fourth-order valence-electron chi connectivity index (χ4n) is 2.23. The van der Waals surface area contributed by atoms with Gasteiger partial charge in [0.1, 0.15) is 0 Å². The maximum Gasteiger partial charge on any atom is 0.0624 e. The second-order valence-corrected chi connectivity index (χ2v) is 6.61. The molecule has 0 aliphatic heterocycles. The summed E-state index contributed by atoms with van der Waals surface area (Å²) >= 11 is 14.0. The van der Waals surface area contributed by atoms with Crippen molar-refractivity contribution in [1.29, 1.82) is 0 Å². The van der Waals surface area contributed by atoms with Crippen LogP contribution in [0.4, 0.5) is 0 Å². The minimum Gasteiger partial charge on any atom is -0.323 e. The van der Waals surface area contributed by atoms with Gasteiger partial charge in [-0.3, -0.25) is 0 Å². The van der Waals surface area contributed by atoms with Gasteiger partial charge in [-0.25, -0.2) is 0 Å². The zero-order chi connectivity index (χ0) is 14.1. The summed E-state index contributed by atoms with van der Waals surface area (Å²) in [4.78, 5) is 1.17. The Morgan fingerprint density at radius 3 is 2.65 bits per heavy atom. The summed E-state index contributed by atoms with van der Waals surface area (Å²) in [6.45, 7) is 0. The molecule has 0 saturated heterocycles. The van der Waals surface area contributed by atoms with Gasteiger partial charge in [0, 0.05) is 15.6 Å². The van der Waals surface area contributed by atoms with Crippen LogP contribution in [0.5, 0.6) is 0 Å². The van der Waals surface area contributed by atoms with Gasteiger partial charge in [0.05, 0.1) is 10.0 Å². The average Bonchev–Trinajstić information content (AvgIpc) is 2.88. The van der Waals surface area contributed by atoms with Crippen molar-refractivity contribution in [2.24, 2.45) is 5.73 Å². The van der Waals surface area contributed by atoms with Gasteiger partial charge in [-0.15, -0.1) is 11.3 Å². The van der Waals surface area contributed by atoms with Crippen molar-refractivity contribution in [2.45, 2.75) is 12.5 Å². The molecule has 0 saturated carbocycles. The molecule has 1 atom stereocenters. The Labute approximate surface area is 131 Å². The van der Waals surface area contributed by atoms with Gasteiger partial charge < -0.3 is 5.73 Å². The summed E-state index contributed by atoms with van der Waals surface area (Å²) in [6, 6.07) is 16.1. The maximum atomic E-state index is 6.32. The summed E-state index contributed by atoms with van der Waals surface area (Å²) in [5.74, 6) is 0. The molecule has 0 bridgehead atoms. The Morgan fingerprint density at radius 1 is 1.05 bits per heavy atom. The highest BCUT2D eigenvalue weighted by Gasteiger charge is 2.13. The highest BCUT2D eigenvalue weighted by atomic mass is 35.5. The molecule has 102 valence electrons. The molecule has 0 aliphatic rings. The third-order valence-corrected chi connectivity index (χ3v) is 5.39. The van der Waals surface area contributed by atoms with E-state index in [-0.39, 0.29) is 6.04 Å². The van der Waals surface area contributed by atoms with Crippen LogP contribution in [0.15, 0.2) is 48.5 Å². The lowest BCUT2D eigenvalue weighted by Gasteiger charge is -2.11. The fourth-order valence-corrected chi connectivity index (χ4v) is 3.69. The van der Waals surface area contributed by atoms with Gasteiger partial charge >= 0.3 is 0 Å². The zero-order valence-corrected chi connectivity index (χ0v) is 13.0. The number of benzene rings is 2. The van der Waals surface area contributed by atoms with Crippen LogP contribution in [0.1, 0.15) is 16.5 Å². The summed E-state index contributed by atoms with van der Waals surface area (Å²) in [5, 5.41) is 2.42. The van der Waals surface area contributed by atoms with Crippen molar-refractivity contribution in [3.05, 3.63) is 69.0 Å². The lowest BCUT2D eigenvalue weighted by atomic mass is 10.0. The molecule has 4 heteroatoms. The van der Waals surface area contributed by atoms with Crippen LogP contribution in [0.25, 0.3) is 10.1 Å². The summed E-state index contributed by atoms with van der Waals surface area (Å²) in [7, 11) is 0. The van der Waals surface area contributed by atoms with E-state index in [4.69, 9.17) is 28.9 Å². The van der Waals surface area contributed by atoms with Gasteiger partial charge in [-0.05, 0) is 35.6 Å². The predicted molar refractivity (Wildman–Crippen MR) is 88.9 cm³/mol. The quantitative estimate of drug-likeness (QED) is 0.681. The van der Waals surface area contributed by atoms with E-state index in [1.807, 2.05) is 24.3 Å². The van der Waals surface area contributed by atoms with Gasteiger partial charge in [-0.1, -0.05) is 53.5 Å². The van der Waals surface area contributed by atoms with Crippen LogP contribution in [0, 0.1) is 0 Å². The molecule has 3 rings (SSSR count). The van der Waals surface area contributed by atoms with Crippen molar-refractivity contribution in [3.63, 3.8) is 0 Å². The number of hydrogen-bond donors (Lipinski definition) is 1. The molecule has 2 aromatic carbocycles. The summed E-state index contributed by atoms with van der Waals surface area (Å²) < 4.78 is 1.26. The molecule has 0 radical (unpaired) electrons. The van der Waals surface area contributed by atoms with E-state index in [9.17, 15) is 0 Å². The van der Waals surface area contributed by atoms with E-state index in [2.05, 4.69) is 18.2 Å².